The number of amidine groups is 1. The lowest BCUT2D eigenvalue weighted by atomic mass is 9.78. The minimum atomic E-state index is -0.583. The Labute approximate surface area is 189 Å². The summed E-state index contributed by atoms with van der Waals surface area (Å²) in [4.78, 5) is 31.9. The fourth-order valence-electron chi connectivity index (χ4n) is 4.33. The van der Waals surface area contributed by atoms with Gasteiger partial charge in [-0.1, -0.05) is 32.6 Å². The zero-order valence-corrected chi connectivity index (χ0v) is 19.5. The summed E-state index contributed by atoms with van der Waals surface area (Å²) in [7, 11) is 1.86. The summed E-state index contributed by atoms with van der Waals surface area (Å²) < 4.78 is 12.9. The SMILES string of the molecule is C=C/C(=C\C=C(/C)F)CNC(=O)C1=C(O)C(=O)N2CC3CCC(NC)(CC3)C2=NC1.CC. The van der Waals surface area contributed by atoms with Crippen LogP contribution in [0, 0.1) is 5.92 Å². The molecule has 2 saturated heterocycles. The molecule has 2 bridgehead atoms. The van der Waals surface area contributed by atoms with Gasteiger partial charge in [0.1, 0.15) is 5.84 Å². The maximum Gasteiger partial charge on any atom is 0.294 e. The smallest absolute Gasteiger partial charge is 0.294 e. The van der Waals surface area contributed by atoms with E-state index in [-0.39, 0.29) is 24.5 Å². The second-order valence-electron chi connectivity index (χ2n) is 8.04. The summed E-state index contributed by atoms with van der Waals surface area (Å²) in [5, 5.41) is 16.6. The Morgan fingerprint density at radius 2 is 2.00 bits per heavy atom. The number of rotatable bonds is 6. The molecular weight excluding hydrogens is 411 g/mol. The molecule has 0 spiro atoms. The van der Waals surface area contributed by atoms with Crippen molar-refractivity contribution in [1.29, 1.82) is 0 Å². The maximum atomic E-state index is 13.0. The molecule has 3 N–H and O–H groups in total. The minimum absolute atomic E-state index is 0.0664. The molecule has 1 saturated carbocycles. The van der Waals surface area contributed by atoms with Gasteiger partial charge in [0.25, 0.3) is 11.8 Å². The van der Waals surface area contributed by atoms with Gasteiger partial charge in [-0.05, 0) is 57.2 Å². The van der Waals surface area contributed by atoms with Crippen molar-refractivity contribution in [3.8, 4) is 0 Å². The number of halogens is 1. The first-order valence-corrected chi connectivity index (χ1v) is 11.2. The highest BCUT2D eigenvalue weighted by Gasteiger charge is 2.48. The monoisotopic (exact) mass is 446 g/mol. The number of carbonyl (C=O) groups is 2. The number of aliphatic hydroxyl groups excluding tert-OH is 1. The van der Waals surface area contributed by atoms with Crippen LogP contribution >= 0.6 is 0 Å². The third-order valence-electron chi connectivity index (χ3n) is 6.20. The molecular formula is C24H35FN4O3. The molecule has 3 aliphatic heterocycles. The van der Waals surface area contributed by atoms with Crippen LogP contribution in [0.3, 0.4) is 0 Å². The van der Waals surface area contributed by atoms with Gasteiger partial charge in [0, 0.05) is 13.1 Å². The highest BCUT2D eigenvalue weighted by molar-refractivity contribution is 6.13. The summed E-state index contributed by atoms with van der Waals surface area (Å²) in [5.74, 6) is -1.13. The first-order chi connectivity index (χ1) is 15.3. The molecule has 32 heavy (non-hydrogen) atoms. The zero-order valence-electron chi connectivity index (χ0n) is 19.5. The second-order valence-corrected chi connectivity index (χ2v) is 8.04. The number of amides is 2. The van der Waals surface area contributed by atoms with Gasteiger partial charge >= 0.3 is 0 Å². The number of allylic oxidation sites excluding steroid dienone is 3. The van der Waals surface area contributed by atoms with Crippen molar-refractivity contribution in [1.82, 2.24) is 15.5 Å². The second kappa shape index (κ2) is 11.2. The molecule has 7 nitrogen and oxygen atoms in total. The standard InChI is InChI=1S/C22H29FN4O3.C2H6/c1-4-15(6-5-14(2)23)11-25-19(29)17-12-26-21-22(24-3)9-7-16(8-10-22)13-27(21)20(30)18(17)28;1-2/h4-6,16,24,28H,1,7-13H2,2-3H3,(H,25,29);1-2H3/b14-5+,15-6+;. The van der Waals surface area contributed by atoms with Crippen LogP contribution in [0.1, 0.15) is 46.5 Å². The molecule has 0 aromatic carbocycles. The van der Waals surface area contributed by atoms with Gasteiger partial charge in [0.15, 0.2) is 5.76 Å². The molecule has 3 heterocycles. The van der Waals surface area contributed by atoms with E-state index in [4.69, 9.17) is 0 Å². The number of aliphatic hydroxyl groups is 1. The molecule has 0 unspecified atom stereocenters. The van der Waals surface area contributed by atoms with Gasteiger partial charge < -0.3 is 15.7 Å². The van der Waals surface area contributed by atoms with Crippen molar-refractivity contribution in [2.24, 2.45) is 10.9 Å². The fourth-order valence-corrected chi connectivity index (χ4v) is 4.33. The van der Waals surface area contributed by atoms with E-state index in [1.807, 2.05) is 20.9 Å². The number of nitrogens with zero attached hydrogens (tertiary/aromatic N) is 2. The van der Waals surface area contributed by atoms with Crippen LogP contribution in [0.4, 0.5) is 4.39 Å². The van der Waals surface area contributed by atoms with Gasteiger partial charge in [0.2, 0.25) is 0 Å². The van der Waals surface area contributed by atoms with Crippen LogP contribution in [-0.4, -0.2) is 59.9 Å². The predicted molar refractivity (Wildman–Crippen MR) is 125 cm³/mol. The molecule has 4 aliphatic rings. The van der Waals surface area contributed by atoms with Gasteiger partial charge in [-0.25, -0.2) is 4.39 Å². The van der Waals surface area contributed by atoms with E-state index in [1.54, 1.807) is 4.90 Å². The zero-order chi connectivity index (χ0) is 23.9. The van der Waals surface area contributed by atoms with E-state index in [9.17, 15) is 19.1 Å². The molecule has 176 valence electrons. The number of carbonyl (C=O) groups excluding carboxylic acids is 2. The minimum Gasteiger partial charge on any atom is -0.503 e. The highest BCUT2D eigenvalue weighted by atomic mass is 19.1. The summed E-state index contributed by atoms with van der Waals surface area (Å²) in [5.41, 5.74) is 0.111. The van der Waals surface area contributed by atoms with Crippen molar-refractivity contribution < 1.29 is 19.1 Å². The predicted octanol–water partition coefficient (Wildman–Crippen LogP) is 3.33. The van der Waals surface area contributed by atoms with Crippen molar-refractivity contribution in [3.05, 3.63) is 47.5 Å². The number of nitrogens with one attached hydrogen (secondary N) is 2. The van der Waals surface area contributed by atoms with Crippen molar-refractivity contribution >= 4 is 17.6 Å². The van der Waals surface area contributed by atoms with Crippen molar-refractivity contribution in [2.45, 2.75) is 52.0 Å². The van der Waals surface area contributed by atoms with Crippen molar-refractivity contribution in [2.75, 3.05) is 26.7 Å². The van der Waals surface area contributed by atoms with E-state index >= 15 is 0 Å². The number of aliphatic imine (C=N–C) groups is 1. The van der Waals surface area contributed by atoms with Crippen LogP contribution in [0.2, 0.25) is 0 Å². The molecule has 8 heteroatoms. The Balaban J connectivity index is 0.00000176. The molecule has 0 aromatic rings. The third-order valence-corrected chi connectivity index (χ3v) is 6.20. The Morgan fingerprint density at radius 3 is 2.56 bits per heavy atom. The number of likely N-dealkylation sites (N-methyl/N-ethyl adjacent to an activating group) is 1. The van der Waals surface area contributed by atoms with Crippen LogP contribution in [0.15, 0.2) is 52.5 Å². The molecule has 4 rings (SSSR count). The van der Waals surface area contributed by atoms with Crippen LogP contribution in [0.25, 0.3) is 0 Å². The lowest BCUT2D eigenvalue weighted by Gasteiger charge is -2.37. The molecule has 0 radical (unpaired) electrons. The van der Waals surface area contributed by atoms with E-state index in [0.717, 1.165) is 25.7 Å². The quantitative estimate of drug-likeness (QED) is 0.546. The Hall–Kier alpha value is -2.74. The molecule has 3 fully saturated rings. The van der Waals surface area contributed by atoms with Gasteiger partial charge in [0.05, 0.1) is 23.5 Å². The third kappa shape index (κ3) is 5.35. The van der Waals surface area contributed by atoms with E-state index in [1.165, 1.54) is 25.2 Å². The van der Waals surface area contributed by atoms with Crippen LogP contribution in [0.5, 0.6) is 0 Å². The first-order valence-electron chi connectivity index (χ1n) is 11.2. The van der Waals surface area contributed by atoms with E-state index in [2.05, 4.69) is 22.2 Å². The molecule has 0 aromatic heterocycles. The Kier molecular flexibility index (Phi) is 8.95. The number of hydrogen-bond acceptors (Lipinski definition) is 5. The van der Waals surface area contributed by atoms with E-state index < -0.39 is 23.1 Å². The molecule has 0 atom stereocenters. The van der Waals surface area contributed by atoms with Gasteiger partial charge in [-0.3, -0.25) is 19.5 Å². The summed E-state index contributed by atoms with van der Waals surface area (Å²) >= 11 is 0. The fraction of sp³-hybridized carbons (Fsp3) is 0.542. The lowest BCUT2D eigenvalue weighted by Crippen LogP contribution is -2.56. The Bertz CT molecular complexity index is 860. The number of fused-ring (bicyclic) bond motifs is 2. The van der Waals surface area contributed by atoms with Gasteiger partial charge in [-0.2, -0.15) is 0 Å². The van der Waals surface area contributed by atoms with Crippen LogP contribution < -0.4 is 10.6 Å². The average Bonchev–Trinajstić information content (AvgIpc) is 3.12. The average molecular weight is 447 g/mol. The topological polar surface area (TPSA) is 94.0 Å². The van der Waals surface area contributed by atoms with Crippen LogP contribution in [-0.2, 0) is 9.59 Å². The maximum absolute atomic E-state index is 13.0. The first kappa shape index (κ1) is 25.5. The highest BCUT2D eigenvalue weighted by Crippen LogP contribution is 2.39. The van der Waals surface area contributed by atoms with Crippen molar-refractivity contribution in [3.63, 3.8) is 0 Å². The van der Waals surface area contributed by atoms with E-state index in [0.29, 0.717) is 23.9 Å². The summed E-state index contributed by atoms with van der Waals surface area (Å²) in [6.07, 6.45) is 8.00. The molecule has 1 aliphatic carbocycles. The normalized spacial score (nSPS) is 25.8. The largest absolute Gasteiger partial charge is 0.503 e. The molecule has 2 amide bonds. The lowest BCUT2D eigenvalue weighted by molar-refractivity contribution is -0.127. The van der Waals surface area contributed by atoms with Gasteiger partial charge in [-0.15, -0.1) is 0 Å². The number of hydrogen-bond donors (Lipinski definition) is 3. The summed E-state index contributed by atoms with van der Waals surface area (Å²) in [6, 6.07) is 0. The Morgan fingerprint density at radius 1 is 1.34 bits per heavy atom. The summed E-state index contributed by atoms with van der Waals surface area (Å²) in [6.45, 7) is 9.46.